The number of para-hydroxylation sites is 2. The molecule has 0 aliphatic rings. The van der Waals surface area contributed by atoms with Crippen LogP contribution in [-0.4, -0.2) is 35.1 Å². The Bertz CT molecular complexity index is 1030. The number of aryl methyl sites for hydroxylation is 1. The standard InChI is InChI=1S/C21H21N3O4/c1-28-20(26)12-14-24(16-7-3-2-4-8-16)19(25)11-13-23-15-22-18-10-6-5-9-17(18)21(23)27/h2-10,15H,11-14H2,1H3. The number of anilines is 1. The van der Waals surface area contributed by atoms with Crippen LogP contribution in [0.15, 0.2) is 65.7 Å². The molecule has 1 amide bonds. The van der Waals surface area contributed by atoms with Gasteiger partial charge in [0.05, 0.1) is 30.8 Å². The lowest BCUT2D eigenvalue weighted by molar-refractivity contribution is -0.140. The Kier molecular flexibility index (Phi) is 6.16. The van der Waals surface area contributed by atoms with Gasteiger partial charge in [0.2, 0.25) is 5.91 Å². The van der Waals surface area contributed by atoms with Crippen LogP contribution in [0.3, 0.4) is 0 Å². The number of ether oxygens (including phenoxy) is 1. The molecule has 0 saturated carbocycles. The molecule has 0 atom stereocenters. The first kappa shape index (κ1) is 19.3. The van der Waals surface area contributed by atoms with Gasteiger partial charge in [0.1, 0.15) is 0 Å². The van der Waals surface area contributed by atoms with Gasteiger partial charge in [0, 0.05) is 25.2 Å². The maximum absolute atomic E-state index is 12.8. The molecule has 0 radical (unpaired) electrons. The van der Waals surface area contributed by atoms with Crippen molar-refractivity contribution in [1.82, 2.24) is 9.55 Å². The molecule has 3 aromatic rings. The van der Waals surface area contributed by atoms with Crippen LogP contribution < -0.4 is 10.5 Å². The van der Waals surface area contributed by atoms with E-state index in [0.29, 0.717) is 16.6 Å². The molecule has 0 unspecified atom stereocenters. The summed E-state index contributed by atoms with van der Waals surface area (Å²) in [7, 11) is 1.32. The minimum absolute atomic E-state index is 0.0919. The number of carbonyl (C=O) groups is 2. The van der Waals surface area contributed by atoms with Gasteiger partial charge in [0.25, 0.3) is 5.56 Å². The minimum atomic E-state index is -0.385. The number of nitrogens with zero attached hydrogens (tertiary/aromatic N) is 3. The molecule has 0 aliphatic carbocycles. The smallest absolute Gasteiger partial charge is 0.307 e. The zero-order valence-corrected chi connectivity index (χ0v) is 15.6. The van der Waals surface area contributed by atoms with Gasteiger partial charge in [-0.25, -0.2) is 4.98 Å². The molecule has 0 spiro atoms. The van der Waals surface area contributed by atoms with Crippen molar-refractivity contribution in [3.8, 4) is 0 Å². The summed E-state index contributed by atoms with van der Waals surface area (Å²) in [6, 6.07) is 16.2. The van der Waals surface area contributed by atoms with Crippen molar-refractivity contribution in [3.05, 3.63) is 71.3 Å². The van der Waals surface area contributed by atoms with E-state index in [9.17, 15) is 14.4 Å². The number of aromatic nitrogens is 2. The van der Waals surface area contributed by atoms with Crippen molar-refractivity contribution in [3.63, 3.8) is 0 Å². The first-order valence-electron chi connectivity index (χ1n) is 8.96. The lowest BCUT2D eigenvalue weighted by Gasteiger charge is -2.22. The van der Waals surface area contributed by atoms with E-state index in [4.69, 9.17) is 0 Å². The van der Waals surface area contributed by atoms with Crippen LogP contribution in [0.25, 0.3) is 10.9 Å². The molecule has 0 saturated heterocycles. The Morgan fingerprint density at radius 1 is 1.04 bits per heavy atom. The fourth-order valence-electron chi connectivity index (χ4n) is 2.93. The molecule has 0 N–H and O–H groups in total. The van der Waals surface area contributed by atoms with Crippen LogP contribution in [-0.2, 0) is 20.9 Å². The van der Waals surface area contributed by atoms with E-state index in [-0.39, 0.29) is 43.4 Å². The lowest BCUT2D eigenvalue weighted by atomic mass is 10.2. The summed E-state index contributed by atoms with van der Waals surface area (Å²) in [5.41, 5.74) is 1.14. The first-order valence-corrected chi connectivity index (χ1v) is 8.96. The van der Waals surface area contributed by atoms with Gasteiger partial charge in [-0.1, -0.05) is 30.3 Å². The number of carbonyl (C=O) groups excluding carboxylic acids is 2. The van der Waals surface area contributed by atoms with Crippen LogP contribution in [0.5, 0.6) is 0 Å². The fraction of sp³-hybridized carbons (Fsp3) is 0.238. The minimum Gasteiger partial charge on any atom is -0.469 e. The van der Waals surface area contributed by atoms with Gasteiger partial charge < -0.3 is 9.64 Å². The largest absolute Gasteiger partial charge is 0.469 e. The summed E-state index contributed by atoms with van der Waals surface area (Å²) in [6.07, 6.45) is 1.66. The second-order valence-electron chi connectivity index (χ2n) is 6.22. The number of esters is 1. The highest BCUT2D eigenvalue weighted by Crippen LogP contribution is 2.15. The van der Waals surface area contributed by atoms with E-state index in [1.807, 2.05) is 24.3 Å². The molecule has 0 bridgehead atoms. The average molecular weight is 379 g/mol. The Hall–Kier alpha value is -3.48. The van der Waals surface area contributed by atoms with Crippen molar-refractivity contribution < 1.29 is 14.3 Å². The normalized spacial score (nSPS) is 10.6. The zero-order chi connectivity index (χ0) is 19.9. The zero-order valence-electron chi connectivity index (χ0n) is 15.6. The summed E-state index contributed by atoms with van der Waals surface area (Å²) < 4.78 is 6.11. The highest BCUT2D eigenvalue weighted by atomic mass is 16.5. The summed E-state index contributed by atoms with van der Waals surface area (Å²) in [6.45, 7) is 0.414. The number of benzene rings is 2. The number of amides is 1. The topological polar surface area (TPSA) is 81.5 Å². The summed E-state index contributed by atoms with van der Waals surface area (Å²) in [5.74, 6) is -0.571. The number of fused-ring (bicyclic) bond motifs is 1. The summed E-state index contributed by atoms with van der Waals surface area (Å²) >= 11 is 0. The van der Waals surface area contributed by atoms with Crippen molar-refractivity contribution in [2.45, 2.75) is 19.4 Å². The van der Waals surface area contributed by atoms with E-state index in [0.717, 1.165) is 0 Å². The number of methoxy groups -OCH3 is 1. The third-order valence-electron chi connectivity index (χ3n) is 4.43. The summed E-state index contributed by atoms with van der Waals surface area (Å²) in [4.78, 5) is 42.7. The van der Waals surface area contributed by atoms with Crippen LogP contribution in [0, 0.1) is 0 Å². The Labute approximate surface area is 162 Å². The van der Waals surface area contributed by atoms with Crippen molar-refractivity contribution >= 4 is 28.5 Å². The third-order valence-corrected chi connectivity index (χ3v) is 4.43. The van der Waals surface area contributed by atoms with Gasteiger partial charge in [-0.05, 0) is 24.3 Å². The van der Waals surface area contributed by atoms with Gasteiger partial charge >= 0.3 is 5.97 Å². The molecule has 144 valence electrons. The Morgan fingerprint density at radius 3 is 2.50 bits per heavy atom. The van der Waals surface area contributed by atoms with Crippen LogP contribution in [0.2, 0.25) is 0 Å². The van der Waals surface area contributed by atoms with E-state index in [2.05, 4.69) is 9.72 Å². The highest BCUT2D eigenvalue weighted by Gasteiger charge is 2.17. The molecule has 7 nitrogen and oxygen atoms in total. The average Bonchev–Trinajstić information content (AvgIpc) is 2.74. The Balaban J connectivity index is 1.75. The van der Waals surface area contributed by atoms with Gasteiger partial charge in [-0.15, -0.1) is 0 Å². The molecule has 0 fully saturated rings. The number of rotatable bonds is 7. The molecule has 2 aromatic carbocycles. The molecular weight excluding hydrogens is 358 g/mol. The molecule has 1 aromatic heterocycles. The van der Waals surface area contributed by atoms with E-state index in [1.54, 1.807) is 30.3 Å². The maximum atomic E-state index is 12.8. The monoisotopic (exact) mass is 379 g/mol. The van der Waals surface area contributed by atoms with Crippen LogP contribution in [0.1, 0.15) is 12.8 Å². The number of hydrogen-bond donors (Lipinski definition) is 0. The predicted molar refractivity (Wildman–Crippen MR) is 106 cm³/mol. The third kappa shape index (κ3) is 4.43. The van der Waals surface area contributed by atoms with Crippen LogP contribution >= 0.6 is 0 Å². The van der Waals surface area contributed by atoms with Crippen molar-refractivity contribution in [1.29, 1.82) is 0 Å². The number of hydrogen-bond acceptors (Lipinski definition) is 5. The predicted octanol–water partition coefficient (Wildman–Crippen LogP) is 2.38. The van der Waals surface area contributed by atoms with E-state index < -0.39 is 0 Å². The molecule has 28 heavy (non-hydrogen) atoms. The van der Waals surface area contributed by atoms with Crippen molar-refractivity contribution in [2.24, 2.45) is 0 Å². The SMILES string of the molecule is COC(=O)CCN(C(=O)CCn1cnc2ccccc2c1=O)c1ccccc1. The quantitative estimate of drug-likeness (QED) is 0.589. The Morgan fingerprint density at radius 2 is 1.75 bits per heavy atom. The summed E-state index contributed by atoms with van der Waals surface area (Å²) in [5, 5.41) is 0.517. The van der Waals surface area contributed by atoms with Crippen LogP contribution in [0.4, 0.5) is 5.69 Å². The van der Waals surface area contributed by atoms with Crippen molar-refractivity contribution in [2.75, 3.05) is 18.6 Å². The van der Waals surface area contributed by atoms with Gasteiger partial charge in [-0.2, -0.15) is 0 Å². The lowest BCUT2D eigenvalue weighted by Crippen LogP contribution is -2.34. The molecule has 0 aliphatic heterocycles. The molecule has 7 heteroatoms. The first-order chi connectivity index (χ1) is 13.6. The fourth-order valence-corrected chi connectivity index (χ4v) is 2.93. The van der Waals surface area contributed by atoms with E-state index >= 15 is 0 Å². The molecular formula is C21H21N3O4. The maximum Gasteiger partial charge on any atom is 0.307 e. The van der Waals surface area contributed by atoms with Gasteiger partial charge in [-0.3, -0.25) is 19.0 Å². The molecule has 1 heterocycles. The van der Waals surface area contributed by atoms with E-state index in [1.165, 1.54) is 22.9 Å². The van der Waals surface area contributed by atoms with Gasteiger partial charge in [0.15, 0.2) is 0 Å². The highest BCUT2D eigenvalue weighted by molar-refractivity contribution is 5.93. The second kappa shape index (κ2) is 8.94. The second-order valence-corrected chi connectivity index (χ2v) is 6.22. The molecule has 3 rings (SSSR count).